The van der Waals surface area contributed by atoms with Gasteiger partial charge in [-0.2, -0.15) is 52.4 Å². The SMILES string of the molecule is O=C(CCc1cc(C2=CCC(C(F)(F)F)CC2)ncn1)[C@@H]1CC(F)CN1S(=O)(=O)c1ccc(F)cc1.O=C(CCc1cc(C2=CC[C@@H](C(F)(F)F)CC2)ncn1)[C@@H]1CC(F)CN1S(=O)(=O)c1ccc(F)cc1.O=C(CCc1cc(C2=CC[C@H](C(F)(F)F)CC2)ncn1)[C@@H]1CC(F)CN1S(=O)(=O)c1ccc(F)cc1. The van der Waals surface area contributed by atoms with Gasteiger partial charge in [0.25, 0.3) is 0 Å². The van der Waals surface area contributed by atoms with E-state index in [4.69, 9.17) is 0 Å². The molecule has 0 radical (unpaired) electrons. The molecule has 3 aromatic carbocycles. The monoisotopic (exact) mass is 1590 g/mol. The second kappa shape index (κ2) is 34.4. The van der Waals surface area contributed by atoms with Crippen LogP contribution in [0.2, 0.25) is 0 Å². The highest BCUT2D eigenvalue weighted by molar-refractivity contribution is 7.89. The summed E-state index contributed by atoms with van der Waals surface area (Å²) < 4.78 is 279. The Morgan fingerprint density at radius 2 is 0.620 bits per heavy atom. The fourth-order valence-corrected chi connectivity index (χ4v) is 18.6. The molecule has 0 spiro atoms. The van der Waals surface area contributed by atoms with Crippen LogP contribution in [0, 0.1) is 35.2 Å². The Balaban J connectivity index is 0.000000173. The largest absolute Gasteiger partial charge is 0.392 e. The van der Waals surface area contributed by atoms with Crippen LogP contribution in [-0.2, 0) is 63.7 Å². The molecule has 0 amide bonds. The first-order chi connectivity index (χ1) is 50.8. The number of benzene rings is 3. The molecule has 6 aromatic rings. The van der Waals surface area contributed by atoms with E-state index < -0.39 is 157 Å². The number of hydrogen-bond donors (Lipinski definition) is 0. The Kier molecular flexibility index (Phi) is 26.2. The van der Waals surface area contributed by atoms with Crippen molar-refractivity contribution in [2.24, 2.45) is 17.8 Å². The first kappa shape index (κ1) is 82.3. The molecule has 0 N–H and O–H groups in total. The van der Waals surface area contributed by atoms with Crippen molar-refractivity contribution in [2.75, 3.05) is 19.6 Å². The van der Waals surface area contributed by atoms with Crippen LogP contribution < -0.4 is 0 Å². The maximum absolute atomic E-state index is 14.2. The van der Waals surface area contributed by atoms with Crippen molar-refractivity contribution >= 4 is 64.1 Å². The third-order valence-corrected chi connectivity index (χ3v) is 25.3. The van der Waals surface area contributed by atoms with Crippen LogP contribution in [-0.4, -0.2) is 160 Å². The van der Waals surface area contributed by atoms with Crippen LogP contribution in [0.3, 0.4) is 0 Å². The predicted molar refractivity (Wildman–Crippen MR) is 361 cm³/mol. The third kappa shape index (κ3) is 20.6. The molecule has 18 nitrogen and oxygen atoms in total. The van der Waals surface area contributed by atoms with Gasteiger partial charge in [0.1, 0.15) is 54.9 Å². The molecule has 9 atom stereocenters. The standard InChI is InChI=1S/3C24H24F5N3O3S/c3*25-17-5-8-20(9-6-17)36(34,35)32-13-18(26)11-22(32)23(33)10-7-19-12-21(31-14-30-19)15-1-3-16(4-2-15)24(27,28)29/h3*1,5-6,8-9,12,14,16,18,22H,2-4,7,10-11,13H2/t16?,18?,22-;16-,18?,22+;16-,18?,22-/m010/s1. The lowest BCUT2D eigenvalue weighted by atomic mass is 9.87. The molecule has 582 valence electrons. The minimum Gasteiger partial charge on any atom is -0.298 e. The normalized spacial score (nSPS) is 23.5. The van der Waals surface area contributed by atoms with Gasteiger partial charge in [-0.15, -0.1) is 0 Å². The number of allylic oxidation sites excluding steroid dienone is 6. The van der Waals surface area contributed by atoms with Gasteiger partial charge in [0.05, 0.1) is 67.6 Å². The summed E-state index contributed by atoms with van der Waals surface area (Å²) in [4.78, 5) is 62.9. The first-order valence-corrected chi connectivity index (χ1v) is 38.7. The first-order valence-electron chi connectivity index (χ1n) is 34.4. The number of sulfonamides is 3. The van der Waals surface area contributed by atoms with E-state index >= 15 is 0 Å². The number of Topliss-reactive ketones (excluding diaryl/α,β-unsaturated/α-hetero) is 3. The van der Waals surface area contributed by atoms with Crippen molar-refractivity contribution in [1.82, 2.24) is 42.8 Å². The van der Waals surface area contributed by atoms with Gasteiger partial charge in [-0.05, 0) is 185 Å². The topological polar surface area (TPSA) is 241 Å². The van der Waals surface area contributed by atoms with Crippen LogP contribution in [0.4, 0.5) is 65.9 Å². The number of aryl methyl sites for hydroxylation is 3. The zero-order chi connectivity index (χ0) is 78.3. The summed E-state index contributed by atoms with van der Waals surface area (Å²) >= 11 is 0. The summed E-state index contributed by atoms with van der Waals surface area (Å²) in [6, 6.07) is 13.5. The van der Waals surface area contributed by atoms with E-state index in [1.54, 1.807) is 18.2 Å². The van der Waals surface area contributed by atoms with Crippen LogP contribution in [0.1, 0.15) is 130 Å². The number of rotatable bonds is 21. The fraction of sp³-hybridized carbons (Fsp3) is 0.458. The summed E-state index contributed by atoms with van der Waals surface area (Å²) in [5.74, 6) is -7.44. The molecule has 6 heterocycles. The van der Waals surface area contributed by atoms with Crippen molar-refractivity contribution in [1.29, 1.82) is 0 Å². The summed E-state index contributed by atoms with van der Waals surface area (Å²) in [5.41, 5.74) is 4.89. The number of ketones is 3. The minimum absolute atomic E-state index is 0.0302. The lowest BCUT2D eigenvalue weighted by molar-refractivity contribution is -0.176. The van der Waals surface area contributed by atoms with Crippen molar-refractivity contribution in [3.8, 4) is 0 Å². The maximum Gasteiger partial charge on any atom is 0.392 e. The zero-order valence-corrected chi connectivity index (χ0v) is 59.7. The highest BCUT2D eigenvalue weighted by Crippen LogP contribution is 2.43. The smallest absolute Gasteiger partial charge is 0.298 e. The Morgan fingerprint density at radius 1 is 0.380 bits per heavy atom. The molecule has 3 aliphatic carbocycles. The molecule has 3 aromatic heterocycles. The van der Waals surface area contributed by atoms with Gasteiger partial charge in [-0.1, -0.05) is 18.2 Å². The molecule has 4 unspecified atom stereocenters. The summed E-state index contributed by atoms with van der Waals surface area (Å²) in [5, 5.41) is 0. The molecular weight excluding hydrogens is 1520 g/mol. The lowest BCUT2D eigenvalue weighted by Crippen LogP contribution is -2.40. The van der Waals surface area contributed by atoms with Gasteiger partial charge >= 0.3 is 18.5 Å². The number of aromatic nitrogens is 6. The second-order valence-corrected chi connectivity index (χ2v) is 32.6. The zero-order valence-electron chi connectivity index (χ0n) is 57.3. The predicted octanol–water partition coefficient (Wildman–Crippen LogP) is 14.0. The molecule has 3 aliphatic heterocycles. The molecular formula is C72H72F15N9O9S3. The molecule has 12 rings (SSSR count). The van der Waals surface area contributed by atoms with E-state index in [2.05, 4.69) is 29.9 Å². The highest BCUT2D eigenvalue weighted by atomic mass is 32.2. The highest BCUT2D eigenvalue weighted by Gasteiger charge is 2.48. The maximum atomic E-state index is 14.2. The quantitative estimate of drug-likeness (QED) is 0.0609. The Morgan fingerprint density at radius 3 is 0.833 bits per heavy atom. The van der Waals surface area contributed by atoms with Crippen LogP contribution in [0.15, 0.2) is 143 Å². The third-order valence-electron chi connectivity index (χ3n) is 19.7. The van der Waals surface area contributed by atoms with Gasteiger partial charge in [0.15, 0.2) is 17.3 Å². The lowest BCUT2D eigenvalue weighted by Gasteiger charge is -2.24. The van der Waals surface area contributed by atoms with E-state index in [0.29, 0.717) is 50.9 Å². The number of carbonyl (C=O) groups excluding carboxylic acids is 3. The average Bonchev–Trinajstić information content (AvgIpc) is 1.60. The number of nitrogens with zero attached hydrogens (tertiary/aromatic N) is 9. The number of carbonyl (C=O) groups is 3. The van der Waals surface area contributed by atoms with Gasteiger partial charge in [0.2, 0.25) is 30.1 Å². The van der Waals surface area contributed by atoms with Crippen molar-refractivity contribution in [3.05, 3.63) is 180 Å². The van der Waals surface area contributed by atoms with Crippen LogP contribution in [0.5, 0.6) is 0 Å². The average molecular weight is 1590 g/mol. The van der Waals surface area contributed by atoms with E-state index in [1.165, 1.54) is 37.2 Å². The molecule has 3 fully saturated rings. The van der Waals surface area contributed by atoms with Gasteiger partial charge in [-0.25, -0.2) is 81.5 Å². The van der Waals surface area contributed by atoms with E-state index in [0.717, 1.165) is 85.7 Å². The van der Waals surface area contributed by atoms with E-state index in [9.17, 15) is 105 Å². The van der Waals surface area contributed by atoms with E-state index in [-0.39, 0.29) is 130 Å². The van der Waals surface area contributed by atoms with Crippen molar-refractivity contribution < 1.29 is 105 Å². The second-order valence-electron chi connectivity index (χ2n) is 26.9. The number of halogens is 15. The minimum atomic E-state index is -4.24. The number of hydrogen-bond acceptors (Lipinski definition) is 15. The summed E-state index contributed by atoms with van der Waals surface area (Å²) in [6.45, 7) is -1.41. The molecule has 6 aliphatic rings. The summed E-state index contributed by atoms with van der Waals surface area (Å²) in [7, 11) is -12.6. The van der Waals surface area contributed by atoms with Gasteiger partial charge in [-0.3, -0.25) is 14.4 Å². The van der Waals surface area contributed by atoms with Gasteiger partial charge in [0, 0.05) is 75.2 Å². The molecule has 0 bridgehead atoms. The molecule has 0 saturated carbocycles. The Bertz CT molecular complexity index is 4210. The Hall–Kier alpha value is -8.19. The number of alkyl halides is 12. The van der Waals surface area contributed by atoms with E-state index in [1.807, 2.05) is 0 Å². The molecule has 3 saturated heterocycles. The van der Waals surface area contributed by atoms with Crippen molar-refractivity contribution in [2.45, 2.75) is 185 Å². The van der Waals surface area contributed by atoms with Crippen LogP contribution in [0.25, 0.3) is 16.7 Å². The molecule has 108 heavy (non-hydrogen) atoms. The fourth-order valence-electron chi connectivity index (χ4n) is 13.6. The van der Waals surface area contributed by atoms with Crippen molar-refractivity contribution in [3.63, 3.8) is 0 Å². The van der Waals surface area contributed by atoms with Gasteiger partial charge < -0.3 is 0 Å². The Labute approximate surface area is 612 Å². The summed E-state index contributed by atoms with van der Waals surface area (Å²) in [6.07, 6.45) is -9.47. The molecule has 36 heteroatoms. The van der Waals surface area contributed by atoms with Crippen LogP contribution >= 0.6 is 0 Å².